The Kier molecular flexibility index (Phi) is 5.71. The SMILES string of the molecule is CCCCCn1nc(C(C)(C)C)c(N2CCCCC2)c1C(N)=O. The summed E-state index contributed by atoms with van der Waals surface area (Å²) in [6.07, 6.45) is 6.92. The molecule has 1 aromatic rings. The molecule has 1 aromatic heterocycles. The fraction of sp³-hybridized carbons (Fsp3) is 0.778. The van der Waals surface area contributed by atoms with Crippen molar-refractivity contribution in [2.24, 2.45) is 5.73 Å². The van der Waals surface area contributed by atoms with Gasteiger partial charge in [-0.2, -0.15) is 5.10 Å². The second-order valence-electron chi connectivity index (χ2n) is 7.64. The van der Waals surface area contributed by atoms with Crippen molar-refractivity contribution in [3.05, 3.63) is 11.4 Å². The van der Waals surface area contributed by atoms with Crippen LogP contribution in [0.25, 0.3) is 0 Å². The van der Waals surface area contributed by atoms with Gasteiger partial charge in [0.1, 0.15) is 5.69 Å². The lowest BCUT2D eigenvalue weighted by Gasteiger charge is -2.31. The van der Waals surface area contributed by atoms with Gasteiger partial charge in [0, 0.05) is 25.0 Å². The predicted octanol–water partition coefficient (Wildman–Crippen LogP) is 3.46. The Morgan fingerprint density at radius 2 is 1.83 bits per heavy atom. The highest BCUT2D eigenvalue weighted by Gasteiger charge is 2.32. The van der Waals surface area contributed by atoms with Crippen molar-refractivity contribution in [3.63, 3.8) is 0 Å². The number of nitrogens with two attached hydrogens (primary N) is 1. The molecule has 1 aliphatic rings. The van der Waals surface area contributed by atoms with Crippen molar-refractivity contribution in [1.29, 1.82) is 0 Å². The number of rotatable bonds is 6. The van der Waals surface area contributed by atoms with Gasteiger partial charge in [-0.05, 0) is 25.7 Å². The first-order chi connectivity index (χ1) is 10.9. The summed E-state index contributed by atoms with van der Waals surface area (Å²) in [7, 11) is 0. The van der Waals surface area contributed by atoms with Crippen LogP contribution in [0.15, 0.2) is 0 Å². The number of carbonyl (C=O) groups is 1. The van der Waals surface area contributed by atoms with Gasteiger partial charge in [-0.25, -0.2) is 0 Å². The van der Waals surface area contributed by atoms with Crippen molar-refractivity contribution in [1.82, 2.24) is 9.78 Å². The summed E-state index contributed by atoms with van der Waals surface area (Å²) in [5.74, 6) is -0.356. The topological polar surface area (TPSA) is 64.2 Å². The van der Waals surface area contributed by atoms with Crippen LogP contribution in [-0.2, 0) is 12.0 Å². The van der Waals surface area contributed by atoms with Crippen LogP contribution in [0.5, 0.6) is 0 Å². The molecule has 5 heteroatoms. The molecule has 0 spiro atoms. The number of primary amides is 1. The third kappa shape index (κ3) is 4.06. The first-order valence-electron chi connectivity index (χ1n) is 9.02. The van der Waals surface area contributed by atoms with Gasteiger partial charge in [0.15, 0.2) is 0 Å². The zero-order valence-electron chi connectivity index (χ0n) is 15.2. The van der Waals surface area contributed by atoms with E-state index in [-0.39, 0.29) is 11.3 Å². The number of hydrogen-bond acceptors (Lipinski definition) is 3. The number of anilines is 1. The molecule has 0 unspecified atom stereocenters. The van der Waals surface area contributed by atoms with E-state index >= 15 is 0 Å². The molecule has 2 N–H and O–H groups in total. The number of piperidine rings is 1. The van der Waals surface area contributed by atoms with Crippen LogP contribution < -0.4 is 10.6 Å². The molecule has 0 aromatic carbocycles. The Hall–Kier alpha value is -1.52. The third-order valence-corrected chi connectivity index (χ3v) is 4.52. The Morgan fingerprint density at radius 1 is 1.17 bits per heavy atom. The van der Waals surface area contributed by atoms with E-state index < -0.39 is 0 Å². The second-order valence-corrected chi connectivity index (χ2v) is 7.64. The average molecular weight is 320 g/mol. The zero-order valence-corrected chi connectivity index (χ0v) is 15.2. The molecule has 1 saturated heterocycles. The lowest BCUT2D eigenvalue weighted by Crippen LogP contribution is -2.33. The number of amides is 1. The van der Waals surface area contributed by atoms with E-state index in [0.29, 0.717) is 5.69 Å². The molecule has 2 heterocycles. The third-order valence-electron chi connectivity index (χ3n) is 4.52. The van der Waals surface area contributed by atoms with Gasteiger partial charge in [-0.3, -0.25) is 9.48 Å². The highest BCUT2D eigenvalue weighted by molar-refractivity contribution is 5.98. The minimum atomic E-state index is -0.356. The molecule has 1 aliphatic heterocycles. The van der Waals surface area contributed by atoms with E-state index in [0.717, 1.165) is 50.3 Å². The van der Waals surface area contributed by atoms with E-state index in [1.165, 1.54) is 19.3 Å². The van der Waals surface area contributed by atoms with Crippen molar-refractivity contribution < 1.29 is 4.79 Å². The summed E-state index contributed by atoms with van der Waals surface area (Å²) < 4.78 is 1.86. The van der Waals surface area contributed by atoms with E-state index in [9.17, 15) is 4.79 Å². The van der Waals surface area contributed by atoms with Crippen molar-refractivity contribution in [2.45, 2.75) is 78.2 Å². The molecular formula is C18H32N4O. The highest BCUT2D eigenvalue weighted by Crippen LogP contribution is 2.35. The standard InChI is InChI=1S/C18H32N4O/c1-5-6-8-13-22-15(17(19)23)14(16(20-22)18(2,3)4)21-11-9-7-10-12-21/h5-13H2,1-4H3,(H2,19,23). The van der Waals surface area contributed by atoms with Crippen molar-refractivity contribution >= 4 is 11.6 Å². The van der Waals surface area contributed by atoms with Crippen LogP contribution in [0.3, 0.4) is 0 Å². The Balaban J connectivity index is 2.47. The maximum atomic E-state index is 12.2. The van der Waals surface area contributed by atoms with Crippen LogP contribution in [0, 0.1) is 0 Å². The van der Waals surface area contributed by atoms with Gasteiger partial charge in [0.25, 0.3) is 5.91 Å². The van der Waals surface area contributed by atoms with Gasteiger partial charge >= 0.3 is 0 Å². The largest absolute Gasteiger partial charge is 0.368 e. The molecule has 0 aliphatic carbocycles. The fourth-order valence-electron chi connectivity index (χ4n) is 3.29. The number of nitrogens with zero attached hydrogens (tertiary/aromatic N) is 3. The average Bonchev–Trinajstić information content (AvgIpc) is 2.88. The molecule has 1 fully saturated rings. The first-order valence-corrected chi connectivity index (χ1v) is 9.02. The van der Waals surface area contributed by atoms with Gasteiger partial charge < -0.3 is 10.6 Å². The summed E-state index contributed by atoms with van der Waals surface area (Å²) in [6.45, 7) is 11.4. The van der Waals surface area contributed by atoms with Crippen LogP contribution in [0.4, 0.5) is 5.69 Å². The summed E-state index contributed by atoms with van der Waals surface area (Å²) in [6, 6.07) is 0. The summed E-state index contributed by atoms with van der Waals surface area (Å²) >= 11 is 0. The maximum absolute atomic E-state index is 12.2. The summed E-state index contributed by atoms with van der Waals surface area (Å²) in [5, 5.41) is 4.82. The summed E-state index contributed by atoms with van der Waals surface area (Å²) in [5.41, 5.74) is 8.25. The molecule has 5 nitrogen and oxygen atoms in total. The van der Waals surface area contributed by atoms with Crippen molar-refractivity contribution in [2.75, 3.05) is 18.0 Å². The van der Waals surface area contributed by atoms with Gasteiger partial charge in [-0.15, -0.1) is 0 Å². The molecule has 130 valence electrons. The van der Waals surface area contributed by atoms with E-state index in [1.807, 2.05) is 4.68 Å². The Bertz CT molecular complexity index is 536. The first kappa shape index (κ1) is 17.8. The minimum Gasteiger partial charge on any atom is -0.368 e. The molecule has 0 bridgehead atoms. The summed E-state index contributed by atoms with van der Waals surface area (Å²) in [4.78, 5) is 14.5. The molecule has 2 rings (SSSR count). The maximum Gasteiger partial charge on any atom is 0.269 e. The number of hydrogen-bond donors (Lipinski definition) is 1. The normalized spacial score (nSPS) is 15.9. The Labute approximate surface area is 140 Å². The Morgan fingerprint density at radius 3 is 2.35 bits per heavy atom. The number of carbonyl (C=O) groups excluding carboxylic acids is 1. The molecule has 0 atom stereocenters. The lowest BCUT2D eigenvalue weighted by atomic mass is 9.90. The molecule has 0 radical (unpaired) electrons. The quantitative estimate of drug-likeness (QED) is 0.816. The minimum absolute atomic E-state index is 0.104. The van der Waals surface area contributed by atoms with Crippen molar-refractivity contribution in [3.8, 4) is 0 Å². The fourth-order valence-corrected chi connectivity index (χ4v) is 3.29. The number of aryl methyl sites for hydroxylation is 1. The van der Waals surface area contributed by atoms with Crippen LogP contribution in [0.2, 0.25) is 0 Å². The van der Waals surface area contributed by atoms with Crippen LogP contribution in [0.1, 0.15) is 82.4 Å². The molecular weight excluding hydrogens is 288 g/mol. The molecule has 1 amide bonds. The van der Waals surface area contributed by atoms with Gasteiger partial charge in [0.2, 0.25) is 0 Å². The smallest absolute Gasteiger partial charge is 0.269 e. The van der Waals surface area contributed by atoms with Crippen LogP contribution in [-0.4, -0.2) is 28.8 Å². The van der Waals surface area contributed by atoms with Gasteiger partial charge in [-0.1, -0.05) is 40.5 Å². The zero-order chi connectivity index (χ0) is 17.0. The number of aromatic nitrogens is 2. The monoisotopic (exact) mass is 320 g/mol. The van der Waals surface area contributed by atoms with E-state index in [4.69, 9.17) is 10.8 Å². The molecule has 23 heavy (non-hydrogen) atoms. The lowest BCUT2D eigenvalue weighted by molar-refractivity contribution is 0.0990. The van der Waals surface area contributed by atoms with E-state index in [1.54, 1.807) is 0 Å². The highest BCUT2D eigenvalue weighted by atomic mass is 16.1. The van der Waals surface area contributed by atoms with E-state index in [2.05, 4.69) is 32.6 Å². The number of unbranched alkanes of at least 4 members (excludes halogenated alkanes) is 2. The van der Waals surface area contributed by atoms with Crippen LogP contribution >= 0.6 is 0 Å². The predicted molar refractivity (Wildman–Crippen MR) is 95.0 cm³/mol. The second kappa shape index (κ2) is 7.37. The van der Waals surface area contributed by atoms with Gasteiger partial charge in [0.05, 0.1) is 11.4 Å². The molecule has 0 saturated carbocycles.